The van der Waals surface area contributed by atoms with Gasteiger partial charge in [-0.3, -0.25) is 4.99 Å². The molecule has 0 saturated carbocycles. The van der Waals surface area contributed by atoms with Crippen LogP contribution in [0.15, 0.2) is 17.1 Å². The monoisotopic (exact) mass is 409 g/mol. The fourth-order valence-corrected chi connectivity index (χ4v) is 3.50. The normalized spacial score (nSPS) is 15.3. The fourth-order valence-electron chi connectivity index (χ4n) is 3.50. The largest absolute Gasteiger partial charge is 0.493 e. The van der Waals surface area contributed by atoms with E-state index >= 15 is 0 Å². The van der Waals surface area contributed by atoms with Crippen LogP contribution in [0.4, 0.5) is 0 Å². The average Bonchev–Trinajstić information content (AvgIpc) is 2.77. The molecule has 0 atom stereocenters. The Bertz CT molecular complexity index is 645. The summed E-state index contributed by atoms with van der Waals surface area (Å²) in [5.74, 6) is 2.78. The Morgan fingerprint density at radius 1 is 1.03 bits per heavy atom. The molecule has 1 aromatic rings. The number of hydrogen-bond acceptors (Lipinski definition) is 6. The number of ether oxygens (including phenoxy) is 5. The minimum atomic E-state index is 0.312. The first-order chi connectivity index (χ1) is 14.2. The third-order valence-electron chi connectivity index (χ3n) is 5.02. The second-order valence-corrected chi connectivity index (χ2v) is 6.80. The van der Waals surface area contributed by atoms with Crippen molar-refractivity contribution in [1.82, 2.24) is 10.2 Å². The third kappa shape index (κ3) is 6.40. The van der Waals surface area contributed by atoms with Gasteiger partial charge in [0.15, 0.2) is 17.5 Å². The lowest BCUT2D eigenvalue weighted by Gasteiger charge is -2.34. The molecule has 1 aliphatic heterocycles. The lowest BCUT2D eigenvalue weighted by Crippen LogP contribution is -2.46. The van der Waals surface area contributed by atoms with Gasteiger partial charge in [-0.1, -0.05) is 0 Å². The highest BCUT2D eigenvalue weighted by Crippen LogP contribution is 2.39. The number of piperidine rings is 1. The van der Waals surface area contributed by atoms with Crippen molar-refractivity contribution in [2.75, 3.05) is 61.8 Å². The van der Waals surface area contributed by atoms with E-state index in [1.807, 2.05) is 19.2 Å². The average molecular weight is 410 g/mol. The molecule has 1 heterocycles. The molecule has 1 fully saturated rings. The molecule has 1 aliphatic rings. The summed E-state index contributed by atoms with van der Waals surface area (Å²) in [4.78, 5) is 6.71. The van der Waals surface area contributed by atoms with Gasteiger partial charge in [-0.05, 0) is 31.4 Å². The summed E-state index contributed by atoms with van der Waals surface area (Å²) in [5.41, 5.74) is 0.975. The molecule has 0 aromatic heterocycles. The molecule has 1 saturated heterocycles. The number of methoxy groups -OCH3 is 4. The molecule has 0 amide bonds. The van der Waals surface area contributed by atoms with E-state index in [9.17, 15) is 0 Å². The highest BCUT2D eigenvalue weighted by Gasteiger charge is 2.22. The van der Waals surface area contributed by atoms with Gasteiger partial charge in [0.1, 0.15) is 0 Å². The zero-order chi connectivity index (χ0) is 21.1. The molecule has 1 N–H and O–H groups in total. The molecule has 0 spiro atoms. The first-order valence-corrected chi connectivity index (χ1v) is 10.0. The van der Waals surface area contributed by atoms with Crippen LogP contribution >= 0.6 is 0 Å². The number of nitrogens with one attached hydrogen (secondary N) is 1. The Balaban J connectivity index is 1.90. The third-order valence-corrected chi connectivity index (χ3v) is 5.02. The van der Waals surface area contributed by atoms with E-state index in [2.05, 4.69) is 15.2 Å². The molecular formula is C21H35N3O5. The van der Waals surface area contributed by atoms with Crippen LogP contribution in [0.25, 0.3) is 0 Å². The molecule has 8 heteroatoms. The van der Waals surface area contributed by atoms with Gasteiger partial charge in [0, 0.05) is 52.6 Å². The topological polar surface area (TPSA) is 73.8 Å². The second kappa shape index (κ2) is 12.4. The molecule has 0 aliphatic carbocycles. The Morgan fingerprint density at radius 2 is 1.76 bits per heavy atom. The number of nitrogens with zero attached hydrogens (tertiary/aromatic N) is 2. The molecule has 0 unspecified atom stereocenters. The van der Waals surface area contributed by atoms with E-state index in [0.717, 1.165) is 57.1 Å². The molecule has 164 valence electrons. The van der Waals surface area contributed by atoms with Gasteiger partial charge in [-0.25, -0.2) is 0 Å². The minimum absolute atomic E-state index is 0.312. The first kappa shape index (κ1) is 23.1. The SMILES string of the molecule is CN=C(NCc1ccc(OC)c(OC)c1OC)N1CCC(OCCCOC)CC1. The highest BCUT2D eigenvalue weighted by atomic mass is 16.5. The van der Waals surface area contributed by atoms with Gasteiger partial charge in [-0.2, -0.15) is 0 Å². The summed E-state index contributed by atoms with van der Waals surface area (Å²) in [6, 6.07) is 3.86. The molecule has 8 nitrogen and oxygen atoms in total. The van der Waals surface area contributed by atoms with Crippen molar-refractivity contribution < 1.29 is 23.7 Å². The van der Waals surface area contributed by atoms with Crippen LogP contribution in [0.1, 0.15) is 24.8 Å². The number of likely N-dealkylation sites (tertiary alicyclic amines) is 1. The van der Waals surface area contributed by atoms with Crippen LogP contribution in [-0.2, 0) is 16.0 Å². The maximum atomic E-state index is 5.94. The van der Waals surface area contributed by atoms with Crippen molar-refractivity contribution in [2.24, 2.45) is 4.99 Å². The minimum Gasteiger partial charge on any atom is -0.493 e. The zero-order valence-electron chi connectivity index (χ0n) is 18.3. The quantitative estimate of drug-likeness (QED) is 0.361. The van der Waals surface area contributed by atoms with Crippen LogP contribution in [0.2, 0.25) is 0 Å². The fraction of sp³-hybridized carbons (Fsp3) is 0.667. The maximum Gasteiger partial charge on any atom is 0.203 e. The van der Waals surface area contributed by atoms with Crippen LogP contribution in [0, 0.1) is 0 Å². The van der Waals surface area contributed by atoms with Crippen LogP contribution < -0.4 is 19.5 Å². The van der Waals surface area contributed by atoms with E-state index in [0.29, 0.717) is 29.9 Å². The van der Waals surface area contributed by atoms with Crippen LogP contribution in [0.3, 0.4) is 0 Å². The van der Waals surface area contributed by atoms with E-state index in [1.165, 1.54) is 0 Å². The number of rotatable bonds is 10. The Hall–Kier alpha value is -2.19. The number of benzene rings is 1. The molecular weight excluding hydrogens is 374 g/mol. The van der Waals surface area contributed by atoms with Crippen molar-refractivity contribution in [2.45, 2.75) is 31.9 Å². The van der Waals surface area contributed by atoms with Gasteiger partial charge in [0.2, 0.25) is 5.75 Å². The summed E-state index contributed by atoms with van der Waals surface area (Å²) >= 11 is 0. The lowest BCUT2D eigenvalue weighted by molar-refractivity contribution is 0.00989. The second-order valence-electron chi connectivity index (χ2n) is 6.80. The Labute approximate surface area is 174 Å². The summed E-state index contributed by atoms with van der Waals surface area (Å²) < 4.78 is 27.4. The van der Waals surface area contributed by atoms with E-state index in [-0.39, 0.29) is 0 Å². The van der Waals surface area contributed by atoms with E-state index in [1.54, 1.807) is 28.4 Å². The van der Waals surface area contributed by atoms with Gasteiger partial charge in [-0.15, -0.1) is 0 Å². The predicted molar refractivity (Wildman–Crippen MR) is 113 cm³/mol. The van der Waals surface area contributed by atoms with Crippen molar-refractivity contribution in [3.05, 3.63) is 17.7 Å². The van der Waals surface area contributed by atoms with E-state index in [4.69, 9.17) is 23.7 Å². The van der Waals surface area contributed by atoms with Gasteiger partial charge in [0.05, 0.1) is 27.4 Å². The number of hydrogen-bond donors (Lipinski definition) is 1. The van der Waals surface area contributed by atoms with Crippen molar-refractivity contribution in [3.8, 4) is 17.2 Å². The molecule has 1 aromatic carbocycles. The zero-order valence-corrected chi connectivity index (χ0v) is 18.3. The van der Waals surface area contributed by atoms with Gasteiger partial charge >= 0.3 is 0 Å². The molecule has 2 rings (SSSR count). The Kier molecular flexibility index (Phi) is 9.87. The summed E-state index contributed by atoms with van der Waals surface area (Å²) in [6.07, 6.45) is 3.24. The van der Waals surface area contributed by atoms with E-state index < -0.39 is 0 Å². The Morgan fingerprint density at radius 3 is 2.34 bits per heavy atom. The van der Waals surface area contributed by atoms with Crippen molar-refractivity contribution in [3.63, 3.8) is 0 Å². The maximum absolute atomic E-state index is 5.94. The highest BCUT2D eigenvalue weighted by molar-refractivity contribution is 5.80. The van der Waals surface area contributed by atoms with Crippen LogP contribution in [0.5, 0.6) is 17.2 Å². The summed E-state index contributed by atoms with van der Waals surface area (Å²) in [6.45, 7) is 3.90. The van der Waals surface area contributed by atoms with Gasteiger partial charge < -0.3 is 33.9 Å². The van der Waals surface area contributed by atoms with Gasteiger partial charge in [0.25, 0.3) is 0 Å². The van der Waals surface area contributed by atoms with Crippen LogP contribution in [-0.4, -0.2) is 78.8 Å². The van der Waals surface area contributed by atoms with Crippen molar-refractivity contribution >= 4 is 5.96 Å². The smallest absolute Gasteiger partial charge is 0.203 e. The predicted octanol–water partition coefficient (Wildman–Crippen LogP) is 2.31. The number of guanidine groups is 1. The summed E-state index contributed by atoms with van der Waals surface area (Å²) in [7, 11) is 8.38. The molecule has 29 heavy (non-hydrogen) atoms. The van der Waals surface area contributed by atoms with Crippen molar-refractivity contribution in [1.29, 1.82) is 0 Å². The molecule has 0 bridgehead atoms. The molecule has 0 radical (unpaired) electrons. The first-order valence-electron chi connectivity index (χ1n) is 10.0. The lowest BCUT2D eigenvalue weighted by atomic mass is 10.1. The summed E-state index contributed by atoms with van der Waals surface area (Å²) in [5, 5.41) is 3.44. The number of aliphatic imine (C=N–C) groups is 1. The standard InChI is InChI=1S/C21H35N3O5/c1-22-21(24-11-9-17(10-12-24)29-14-6-13-25-2)23-15-16-7-8-18(26-3)20(28-5)19(16)27-4/h7-8,17H,6,9-15H2,1-5H3,(H,22,23).